The fourth-order valence-electron chi connectivity index (χ4n) is 3.85. The van der Waals surface area contributed by atoms with Crippen molar-refractivity contribution in [1.82, 2.24) is 0 Å². The zero-order valence-corrected chi connectivity index (χ0v) is 21.8. The molecule has 0 fully saturated rings. The molecule has 0 spiro atoms. The molecule has 0 saturated heterocycles. The van der Waals surface area contributed by atoms with Crippen LogP contribution in [-0.4, -0.2) is 30.0 Å². The van der Waals surface area contributed by atoms with E-state index in [0.717, 1.165) is 38.5 Å². The monoisotopic (exact) mass is 466 g/mol. The van der Waals surface area contributed by atoms with E-state index in [1.807, 2.05) is 0 Å². The van der Waals surface area contributed by atoms with E-state index in [9.17, 15) is 10.2 Å². The van der Waals surface area contributed by atoms with Crippen molar-refractivity contribution < 1.29 is 24.4 Å². The van der Waals surface area contributed by atoms with Crippen molar-refractivity contribution >= 4 is 0 Å². The van der Waals surface area contributed by atoms with Crippen LogP contribution < -0.4 is 14.2 Å². The molecule has 33 heavy (non-hydrogen) atoms. The zero-order valence-electron chi connectivity index (χ0n) is 21.8. The van der Waals surface area contributed by atoms with Gasteiger partial charge < -0.3 is 24.4 Å². The highest BCUT2D eigenvalue weighted by molar-refractivity contribution is 5.68. The van der Waals surface area contributed by atoms with Gasteiger partial charge in [-0.15, -0.1) is 0 Å². The molecule has 0 aromatic heterocycles. The number of unbranched alkanes of at least 4 members (excludes halogenated alkanes) is 12. The summed E-state index contributed by atoms with van der Waals surface area (Å²) in [5.41, 5.74) is 0.498. The normalized spacial score (nSPS) is 11.0. The summed E-state index contributed by atoms with van der Waals surface area (Å²) < 4.78 is 18.2. The van der Waals surface area contributed by atoms with Gasteiger partial charge in [-0.25, -0.2) is 0 Å². The standard InChI is InChI=1S/C28H50O5/c1-5-8-11-14-17-20-31-26-23(4)24(29)25(30)27(32-21-18-15-12-9-6-2)28(26)33-22-19-16-13-10-7-3/h29-30H,5-22H2,1-4H3. The Hall–Kier alpha value is -1.78. The Morgan fingerprint density at radius 3 is 1.24 bits per heavy atom. The summed E-state index contributed by atoms with van der Waals surface area (Å²) in [6.07, 6.45) is 17.0. The fraction of sp³-hybridized carbons (Fsp3) is 0.786. The van der Waals surface area contributed by atoms with Crippen LogP contribution in [0.25, 0.3) is 0 Å². The molecule has 1 aromatic rings. The number of rotatable bonds is 21. The average molecular weight is 467 g/mol. The van der Waals surface area contributed by atoms with E-state index in [1.54, 1.807) is 6.92 Å². The van der Waals surface area contributed by atoms with Crippen LogP contribution in [0.3, 0.4) is 0 Å². The third-order valence-electron chi connectivity index (χ3n) is 6.03. The van der Waals surface area contributed by atoms with Gasteiger partial charge in [0.05, 0.1) is 19.8 Å². The van der Waals surface area contributed by atoms with Gasteiger partial charge in [-0.2, -0.15) is 0 Å². The number of hydrogen-bond acceptors (Lipinski definition) is 5. The molecule has 0 unspecified atom stereocenters. The van der Waals surface area contributed by atoms with Crippen LogP contribution in [0.1, 0.15) is 123 Å². The Labute approximate surface area is 202 Å². The molecule has 0 bridgehead atoms. The molecule has 2 N–H and O–H groups in total. The van der Waals surface area contributed by atoms with Gasteiger partial charge in [-0.1, -0.05) is 97.8 Å². The molecule has 1 rings (SSSR count). The lowest BCUT2D eigenvalue weighted by atomic mass is 10.1. The summed E-state index contributed by atoms with van der Waals surface area (Å²) in [5.74, 6) is 0.698. The molecule has 0 saturated carbocycles. The molecule has 5 nitrogen and oxygen atoms in total. The largest absolute Gasteiger partial charge is 0.504 e. The maximum Gasteiger partial charge on any atom is 0.211 e. The number of hydrogen-bond donors (Lipinski definition) is 2. The van der Waals surface area contributed by atoms with Crippen LogP contribution in [0.2, 0.25) is 0 Å². The first-order valence-corrected chi connectivity index (χ1v) is 13.5. The van der Waals surface area contributed by atoms with Gasteiger partial charge in [0, 0.05) is 5.56 Å². The van der Waals surface area contributed by atoms with Gasteiger partial charge in [0.15, 0.2) is 11.5 Å². The molecule has 0 atom stereocenters. The Kier molecular flexibility index (Phi) is 16.5. The molecule has 0 aliphatic carbocycles. The van der Waals surface area contributed by atoms with E-state index >= 15 is 0 Å². The van der Waals surface area contributed by atoms with Crippen LogP contribution in [0.15, 0.2) is 0 Å². The number of ether oxygens (including phenoxy) is 3. The van der Waals surface area contributed by atoms with E-state index < -0.39 is 0 Å². The summed E-state index contributed by atoms with van der Waals surface area (Å²) in [6, 6.07) is 0. The first-order chi connectivity index (χ1) is 16.1. The predicted molar refractivity (Wildman–Crippen MR) is 137 cm³/mol. The molecule has 0 aliphatic rings. The highest BCUT2D eigenvalue weighted by Gasteiger charge is 2.25. The van der Waals surface area contributed by atoms with Crippen LogP contribution in [0.4, 0.5) is 0 Å². The first kappa shape index (κ1) is 29.3. The molecule has 5 heteroatoms. The van der Waals surface area contributed by atoms with Crippen LogP contribution >= 0.6 is 0 Å². The lowest BCUT2D eigenvalue weighted by Gasteiger charge is -2.21. The number of phenols is 2. The number of benzene rings is 1. The molecular formula is C28H50O5. The van der Waals surface area contributed by atoms with Crippen molar-refractivity contribution in [2.24, 2.45) is 0 Å². The van der Waals surface area contributed by atoms with Crippen LogP contribution in [-0.2, 0) is 0 Å². The Morgan fingerprint density at radius 1 is 0.455 bits per heavy atom. The fourth-order valence-corrected chi connectivity index (χ4v) is 3.85. The Balaban J connectivity index is 2.90. The van der Waals surface area contributed by atoms with Gasteiger partial charge in [0.1, 0.15) is 0 Å². The van der Waals surface area contributed by atoms with Crippen molar-refractivity contribution in [3.63, 3.8) is 0 Å². The summed E-state index contributed by atoms with van der Waals surface area (Å²) in [5, 5.41) is 21.2. The van der Waals surface area contributed by atoms with Gasteiger partial charge >= 0.3 is 0 Å². The molecule has 0 amide bonds. The molecule has 0 heterocycles. The topological polar surface area (TPSA) is 68.2 Å². The lowest BCUT2D eigenvalue weighted by Crippen LogP contribution is -2.08. The second-order valence-electron chi connectivity index (χ2n) is 9.10. The molecule has 1 aromatic carbocycles. The number of phenolic OH excluding ortho intramolecular Hbond substituents is 2. The van der Waals surface area contributed by atoms with Crippen molar-refractivity contribution in [3.05, 3.63) is 5.56 Å². The first-order valence-electron chi connectivity index (χ1n) is 13.5. The van der Waals surface area contributed by atoms with Crippen LogP contribution in [0.5, 0.6) is 28.7 Å². The summed E-state index contributed by atoms with van der Waals surface area (Å²) >= 11 is 0. The van der Waals surface area contributed by atoms with Gasteiger partial charge in [-0.05, 0) is 26.2 Å². The van der Waals surface area contributed by atoms with Crippen molar-refractivity contribution in [2.45, 2.75) is 124 Å². The Morgan fingerprint density at radius 2 is 0.818 bits per heavy atom. The smallest absolute Gasteiger partial charge is 0.211 e. The van der Waals surface area contributed by atoms with Gasteiger partial charge in [0.2, 0.25) is 17.2 Å². The summed E-state index contributed by atoms with van der Waals surface area (Å²) in [4.78, 5) is 0. The molecule has 0 aliphatic heterocycles. The highest BCUT2D eigenvalue weighted by Crippen LogP contribution is 2.52. The maximum atomic E-state index is 10.7. The van der Waals surface area contributed by atoms with E-state index in [0.29, 0.717) is 36.9 Å². The van der Waals surface area contributed by atoms with Crippen molar-refractivity contribution in [1.29, 1.82) is 0 Å². The van der Waals surface area contributed by atoms with Gasteiger partial charge in [-0.3, -0.25) is 0 Å². The summed E-state index contributed by atoms with van der Waals surface area (Å²) in [7, 11) is 0. The van der Waals surface area contributed by atoms with E-state index in [4.69, 9.17) is 14.2 Å². The highest BCUT2D eigenvalue weighted by atomic mass is 16.5. The molecule has 0 radical (unpaired) electrons. The quantitative estimate of drug-likeness (QED) is 0.140. The Bertz CT molecular complexity index is 586. The van der Waals surface area contributed by atoms with Crippen molar-refractivity contribution in [3.8, 4) is 28.7 Å². The van der Waals surface area contributed by atoms with Crippen LogP contribution in [0, 0.1) is 6.92 Å². The third-order valence-corrected chi connectivity index (χ3v) is 6.03. The van der Waals surface area contributed by atoms with Gasteiger partial charge in [0.25, 0.3) is 0 Å². The predicted octanol–water partition coefficient (Wildman–Crippen LogP) is 8.45. The third kappa shape index (κ3) is 11.3. The van der Waals surface area contributed by atoms with E-state index in [-0.39, 0.29) is 17.2 Å². The molecular weight excluding hydrogens is 416 g/mol. The minimum Gasteiger partial charge on any atom is -0.504 e. The van der Waals surface area contributed by atoms with E-state index in [1.165, 1.54) is 57.8 Å². The van der Waals surface area contributed by atoms with E-state index in [2.05, 4.69) is 20.8 Å². The minimum atomic E-state index is -0.252. The second kappa shape index (κ2) is 18.6. The average Bonchev–Trinajstić information content (AvgIpc) is 2.82. The van der Waals surface area contributed by atoms with Crippen molar-refractivity contribution in [2.75, 3.05) is 19.8 Å². The lowest BCUT2D eigenvalue weighted by molar-refractivity contribution is 0.223. The zero-order chi connectivity index (χ0) is 24.3. The number of aromatic hydroxyl groups is 2. The maximum absolute atomic E-state index is 10.7. The minimum absolute atomic E-state index is 0.188. The SMILES string of the molecule is CCCCCCCOc1c(C)c(O)c(O)c(OCCCCCCC)c1OCCCCCCC. The second-order valence-corrected chi connectivity index (χ2v) is 9.10. The summed E-state index contributed by atoms with van der Waals surface area (Å²) in [6.45, 7) is 9.92. The molecule has 192 valence electrons.